The molecule has 7 heteroatoms. The van der Waals surface area contributed by atoms with Crippen LogP contribution in [0.15, 0.2) is 78.9 Å². The third kappa shape index (κ3) is 3.88. The monoisotopic (exact) mass is 486 g/mol. The first kappa shape index (κ1) is 22.8. The number of rotatable bonds is 6. The fourth-order valence-electron chi connectivity index (χ4n) is 4.54. The van der Waals surface area contributed by atoms with Crippen LogP contribution < -0.4 is 24.0 Å². The highest BCUT2D eigenvalue weighted by Crippen LogP contribution is 2.46. The van der Waals surface area contributed by atoms with Gasteiger partial charge in [0.15, 0.2) is 11.5 Å². The van der Waals surface area contributed by atoms with Crippen LogP contribution in [0.5, 0.6) is 17.2 Å². The summed E-state index contributed by atoms with van der Waals surface area (Å²) in [6.07, 6.45) is -0.291. The van der Waals surface area contributed by atoms with Crippen molar-refractivity contribution in [2.45, 2.75) is 6.17 Å². The van der Waals surface area contributed by atoms with Gasteiger partial charge in [-0.1, -0.05) is 30.3 Å². The molecule has 0 spiro atoms. The summed E-state index contributed by atoms with van der Waals surface area (Å²) in [6, 6.07) is 25.6. The number of amides is 1. The molecule has 2 heterocycles. The van der Waals surface area contributed by atoms with Crippen LogP contribution in [-0.4, -0.2) is 34.3 Å². The van der Waals surface area contributed by atoms with Gasteiger partial charge in [0.05, 0.1) is 32.6 Å². The minimum atomic E-state index is -0.291. The summed E-state index contributed by atoms with van der Waals surface area (Å²) in [5, 5.41) is 0. The zero-order chi connectivity index (χ0) is 24.5. The minimum absolute atomic E-state index is 0.0161. The lowest BCUT2D eigenvalue weighted by molar-refractivity contribution is 0.0970. The molecular formula is C28H26N2O4S. The van der Waals surface area contributed by atoms with Crippen molar-refractivity contribution in [3.05, 3.63) is 89.3 Å². The Bertz CT molecular complexity index is 1340. The molecule has 1 aromatic heterocycles. The van der Waals surface area contributed by atoms with E-state index in [1.807, 2.05) is 78.7 Å². The normalized spacial score (nSPS) is 15.1. The van der Waals surface area contributed by atoms with Gasteiger partial charge in [-0.3, -0.25) is 9.69 Å². The molecule has 4 aromatic rings. The maximum absolute atomic E-state index is 13.7. The highest BCUT2D eigenvalue weighted by Gasteiger charge is 2.38. The smallest absolute Gasteiger partial charge is 0.262 e. The lowest BCUT2D eigenvalue weighted by atomic mass is 10.0. The van der Waals surface area contributed by atoms with Crippen LogP contribution in [0.1, 0.15) is 21.4 Å². The summed E-state index contributed by atoms with van der Waals surface area (Å²) in [5.74, 6) is 1.74. The SMILES string of the molecule is COc1cc(-c2ccc(C3N(C)c4ccccc4C(=O)N3c3ccccc3)s2)cc(OC)c1OC. The molecule has 0 bridgehead atoms. The maximum atomic E-state index is 13.7. The second kappa shape index (κ2) is 9.35. The summed E-state index contributed by atoms with van der Waals surface area (Å²) < 4.78 is 16.6. The number of methoxy groups -OCH3 is 3. The van der Waals surface area contributed by atoms with Gasteiger partial charge < -0.3 is 19.1 Å². The number of ether oxygens (including phenoxy) is 3. The van der Waals surface area contributed by atoms with Crippen molar-refractivity contribution in [1.29, 1.82) is 0 Å². The Morgan fingerprint density at radius 3 is 2.11 bits per heavy atom. The van der Waals surface area contributed by atoms with Gasteiger partial charge in [0.1, 0.15) is 6.17 Å². The van der Waals surface area contributed by atoms with Crippen LogP contribution in [-0.2, 0) is 0 Å². The predicted octanol–water partition coefficient (Wildman–Crippen LogP) is 6.24. The van der Waals surface area contributed by atoms with E-state index < -0.39 is 0 Å². The zero-order valence-electron chi connectivity index (χ0n) is 20.0. The van der Waals surface area contributed by atoms with Gasteiger partial charge in [-0.15, -0.1) is 11.3 Å². The Hall–Kier alpha value is -3.97. The zero-order valence-corrected chi connectivity index (χ0v) is 20.8. The van der Waals surface area contributed by atoms with Gasteiger partial charge in [-0.25, -0.2) is 0 Å². The fraction of sp³-hybridized carbons (Fsp3) is 0.179. The van der Waals surface area contributed by atoms with Crippen LogP contribution in [0.25, 0.3) is 10.4 Å². The van der Waals surface area contributed by atoms with Crippen molar-refractivity contribution in [3.8, 4) is 27.7 Å². The van der Waals surface area contributed by atoms with Crippen molar-refractivity contribution in [1.82, 2.24) is 0 Å². The van der Waals surface area contributed by atoms with E-state index in [0.29, 0.717) is 22.8 Å². The van der Waals surface area contributed by atoms with Crippen molar-refractivity contribution >= 4 is 28.6 Å². The van der Waals surface area contributed by atoms with Crippen LogP contribution in [0.2, 0.25) is 0 Å². The molecule has 0 radical (unpaired) electrons. The van der Waals surface area contributed by atoms with Gasteiger partial charge >= 0.3 is 0 Å². The molecule has 1 aliphatic rings. The number of carbonyl (C=O) groups excluding carboxylic acids is 1. The molecule has 0 aliphatic carbocycles. The van der Waals surface area contributed by atoms with Gasteiger partial charge in [-0.05, 0) is 54.1 Å². The molecule has 35 heavy (non-hydrogen) atoms. The van der Waals surface area contributed by atoms with E-state index in [4.69, 9.17) is 14.2 Å². The van der Waals surface area contributed by atoms with Crippen LogP contribution in [0.3, 0.4) is 0 Å². The molecule has 1 unspecified atom stereocenters. The quantitative estimate of drug-likeness (QED) is 0.323. The second-order valence-electron chi connectivity index (χ2n) is 8.13. The Kier molecular flexibility index (Phi) is 6.09. The molecule has 0 saturated carbocycles. The fourth-order valence-corrected chi connectivity index (χ4v) is 5.67. The Balaban J connectivity index is 1.62. The van der Waals surface area contributed by atoms with E-state index in [-0.39, 0.29) is 12.1 Å². The molecule has 1 aliphatic heterocycles. The van der Waals surface area contributed by atoms with Gasteiger partial charge in [0.25, 0.3) is 5.91 Å². The van der Waals surface area contributed by atoms with Gasteiger partial charge in [-0.2, -0.15) is 0 Å². The Labute approximate surface area is 208 Å². The molecule has 5 rings (SSSR count). The molecular weight excluding hydrogens is 460 g/mol. The van der Waals surface area contributed by atoms with Crippen molar-refractivity contribution in [3.63, 3.8) is 0 Å². The summed E-state index contributed by atoms with van der Waals surface area (Å²) >= 11 is 1.64. The third-order valence-electron chi connectivity index (χ3n) is 6.21. The maximum Gasteiger partial charge on any atom is 0.262 e. The number of nitrogens with zero attached hydrogens (tertiary/aromatic N) is 2. The van der Waals surface area contributed by atoms with Crippen molar-refractivity contribution in [2.24, 2.45) is 0 Å². The molecule has 178 valence electrons. The molecule has 0 N–H and O–H groups in total. The standard InChI is InChI=1S/C28H26N2O4S/c1-29-21-13-9-8-12-20(21)28(31)30(19-10-6-5-7-11-19)27(29)25-15-14-24(35-25)18-16-22(32-2)26(34-4)23(17-18)33-3/h5-17,27H,1-4H3. The van der Waals surface area contributed by atoms with Gasteiger partial charge in [0.2, 0.25) is 5.75 Å². The first-order valence-electron chi connectivity index (χ1n) is 11.2. The highest BCUT2D eigenvalue weighted by atomic mass is 32.1. The molecule has 3 aromatic carbocycles. The average Bonchev–Trinajstić information content (AvgIpc) is 3.40. The summed E-state index contributed by atoms with van der Waals surface area (Å²) in [6.45, 7) is 0. The predicted molar refractivity (Wildman–Crippen MR) is 140 cm³/mol. The Morgan fingerprint density at radius 2 is 1.46 bits per heavy atom. The second-order valence-corrected chi connectivity index (χ2v) is 9.24. The van der Waals surface area contributed by atoms with Crippen molar-refractivity contribution in [2.75, 3.05) is 38.2 Å². The molecule has 6 nitrogen and oxygen atoms in total. The number of anilines is 2. The Morgan fingerprint density at radius 1 is 0.800 bits per heavy atom. The van der Waals surface area contributed by atoms with E-state index in [0.717, 1.165) is 26.7 Å². The number of carbonyl (C=O) groups is 1. The number of thiophene rings is 1. The average molecular weight is 487 g/mol. The highest BCUT2D eigenvalue weighted by molar-refractivity contribution is 7.15. The summed E-state index contributed by atoms with van der Waals surface area (Å²) in [4.78, 5) is 19.8. The van der Waals surface area contributed by atoms with E-state index in [9.17, 15) is 4.79 Å². The van der Waals surface area contributed by atoms with E-state index in [1.165, 1.54) is 0 Å². The number of benzene rings is 3. The van der Waals surface area contributed by atoms with Crippen molar-refractivity contribution < 1.29 is 19.0 Å². The van der Waals surface area contributed by atoms with E-state index in [2.05, 4.69) is 17.0 Å². The number of hydrogen-bond donors (Lipinski definition) is 0. The topological polar surface area (TPSA) is 51.2 Å². The molecule has 1 atom stereocenters. The first-order valence-corrected chi connectivity index (χ1v) is 12.0. The molecule has 1 amide bonds. The lowest BCUT2D eigenvalue weighted by Gasteiger charge is -2.43. The molecule has 0 fully saturated rings. The summed E-state index contributed by atoms with van der Waals surface area (Å²) in [5.41, 5.74) is 3.41. The summed E-state index contributed by atoms with van der Waals surface area (Å²) in [7, 11) is 6.84. The van der Waals surface area contributed by atoms with E-state index in [1.54, 1.807) is 32.7 Å². The minimum Gasteiger partial charge on any atom is -0.493 e. The number of para-hydroxylation sites is 2. The van der Waals surface area contributed by atoms with E-state index >= 15 is 0 Å². The van der Waals surface area contributed by atoms with Crippen LogP contribution >= 0.6 is 11.3 Å². The van der Waals surface area contributed by atoms with Crippen LogP contribution in [0.4, 0.5) is 11.4 Å². The molecule has 0 saturated heterocycles. The largest absolute Gasteiger partial charge is 0.493 e. The van der Waals surface area contributed by atoms with Crippen LogP contribution in [0, 0.1) is 0 Å². The number of fused-ring (bicyclic) bond motifs is 1. The number of hydrogen-bond acceptors (Lipinski definition) is 6. The lowest BCUT2D eigenvalue weighted by Crippen LogP contribution is -2.47. The third-order valence-corrected chi connectivity index (χ3v) is 7.38. The van der Waals surface area contributed by atoms with Gasteiger partial charge in [0, 0.05) is 22.5 Å². The first-order chi connectivity index (χ1) is 17.1.